The van der Waals surface area contributed by atoms with Gasteiger partial charge >= 0.3 is 12.1 Å². The topological polar surface area (TPSA) is 73.5 Å². The van der Waals surface area contributed by atoms with Gasteiger partial charge in [-0.05, 0) is 43.9 Å². The number of amides is 4. The molecular weight excluding hydrogens is 435 g/mol. The minimum absolute atomic E-state index is 0. The first-order valence-electron chi connectivity index (χ1n) is 10.4. The molecule has 31 heavy (non-hydrogen) atoms. The fraction of sp³-hybridized carbons (Fsp3) is 0.522. The van der Waals surface area contributed by atoms with Gasteiger partial charge in [0.2, 0.25) is 0 Å². The first-order valence-corrected chi connectivity index (χ1v) is 11.2. The minimum atomic E-state index is -0.215. The van der Waals surface area contributed by atoms with Crippen molar-refractivity contribution in [2.45, 2.75) is 63.8 Å². The molecule has 5 radical (unpaired) electrons. The Hall–Kier alpha value is -1.66. The lowest BCUT2D eigenvalue weighted by atomic mass is 9.97. The summed E-state index contributed by atoms with van der Waals surface area (Å²) in [6.07, 6.45) is 9.73. The molecule has 1 aliphatic carbocycles. The van der Waals surface area contributed by atoms with E-state index in [4.69, 9.17) is 23.2 Å². The SMILES string of the molecule is O=C(NCC1CCCN1C(=O)Nc1ccc(Cl)cc1Cl)N[C]1CCCCCCC1.[CH2].[CH2]. The third-order valence-corrected chi connectivity index (χ3v) is 6.10. The molecule has 0 aromatic heterocycles. The van der Waals surface area contributed by atoms with E-state index in [0.717, 1.165) is 44.6 Å². The van der Waals surface area contributed by atoms with E-state index in [0.29, 0.717) is 28.8 Å². The zero-order chi connectivity index (χ0) is 20.6. The van der Waals surface area contributed by atoms with Crippen LogP contribution in [0.4, 0.5) is 15.3 Å². The number of urea groups is 2. The molecular formula is C23H33Cl2N4O2. The number of nitrogens with zero attached hydrogens (tertiary/aromatic N) is 1. The van der Waals surface area contributed by atoms with Crippen LogP contribution in [0.3, 0.4) is 0 Å². The van der Waals surface area contributed by atoms with Gasteiger partial charge in [0, 0.05) is 18.1 Å². The highest BCUT2D eigenvalue weighted by atomic mass is 35.5. The molecule has 0 spiro atoms. The average molecular weight is 468 g/mol. The Morgan fingerprint density at radius 1 is 0.968 bits per heavy atom. The Bertz CT molecular complexity index is 709. The van der Waals surface area contributed by atoms with Crippen LogP contribution in [0.1, 0.15) is 57.8 Å². The molecule has 3 rings (SSSR count). The molecule has 3 N–H and O–H groups in total. The Morgan fingerprint density at radius 3 is 2.32 bits per heavy atom. The number of hydrogen-bond donors (Lipinski definition) is 3. The Kier molecular flexibility index (Phi) is 12.1. The standard InChI is InChI=1S/C21H29Cl2N4O2.2CH2/c22-15-10-11-19(18(23)13-15)26-21(29)27-12-6-9-17(27)14-24-20(28)25-16-7-4-2-1-3-5-8-16;;/h10-11,13,17H,1-9,12,14H2,(H,26,29)(H2,24,25,28);2*1H2. The first kappa shape index (κ1) is 27.4. The third kappa shape index (κ3) is 8.41. The highest BCUT2D eigenvalue weighted by Gasteiger charge is 2.29. The van der Waals surface area contributed by atoms with Crippen molar-refractivity contribution in [2.24, 2.45) is 0 Å². The number of hydrogen-bond acceptors (Lipinski definition) is 2. The maximum absolute atomic E-state index is 12.7. The van der Waals surface area contributed by atoms with E-state index >= 15 is 0 Å². The summed E-state index contributed by atoms with van der Waals surface area (Å²) in [6, 6.07) is 5.67. The van der Waals surface area contributed by atoms with Gasteiger partial charge in [-0.25, -0.2) is 9.59 Å². The molecule has 2 aliphatic rings. The molecule has 8 heteroatoms. The molecule has 1 aromatic carbocycles. The second-order valence-corrected chi connectivity index (χ2v) is 8.59. The minimum Gasteiger partial charge on any atom is -0.336 e. The summed E-state index contributed by atoms with van der Waals surface area (Å²) in [5.74, 6) is 0. The smallest absolute Gasteiger partial charge is 0.322 e. The van der Waals surface area contributed by atoms with E-state index < -0.39 is 0 Å². The van der Waals surface area contributed by atoms with Gasteiger partial charge in [-0.2, -0.15) is 0 Å². The van der Waals surface area contributed by atoms with Crippen LogP contribution in [0.15, 0.2) is 18.2 Å². The molecule has 1 saturated heterocycles. The van der Waals surface area contributed by atoms with Crippen LogP contribution in [-0.4, -0.2) is 36.1 Å². The van der Waals surface area contributed by atoms with Crippen molar-refractivity contribution in [1.82, 2.24) is 15.5 Å². The van der Waals surface area contributed by atoms with Crippen LogP contribution >= 0.6 is 23.2 Å². The maximum Gasteiger partial charge on any atom is 0.322 e. The Morgan fingerprint density at radius 2 is 1.65 bits per heavy atom. The second kappa shape index (κ2) is 13.7. The van der Waals surface area contributed by atoms with Crippen molar-refractivity contribution >= 4 is 41.0 Å². The monoisotopic (exact) mass is 467 g/mol. The van der Waals surface area contributed by atoms with Crippen LogP contribution in [-0.2, 0) is 0 Å². The first-order chi connectivity index (χ1) is 14.0. The lowest BCUT2D eigenvalue weighted by molar-refractivity contribution is 0.203. The highest BCUT2D eigenvalue weighted by molar-refractivity contribution is 6.36. The second-order valence-electron chi connectivity index (χ2n) is 7.75. The van der Waals surface area contributed by atoms with Crippen LogP contribution in [0, 0.1) is 20.9 Å². The van der Waals surface area contributed by atoms with Gasteiger partial charge in [0.05, 0.1) is 22.8 Å². The summed E-state index contributed by atoms with van der Waals surface area (Å²) >= 11 is 12.1. The fourth-order valence-electron chi connectivity index (χ4n) is 3.97. The van der Waals surface area contributed by atoms with E-state index in [1.807, 2.05) is 0 Å². The molecule has 1 aromatic rings. The summed E-state index contributed by atoms with van der Waals surface area (Å²) in [7, 11) is 0. The number of halogens is 2. The predicted molar refractivity (Wildman–Crippen MR) is 128 cm³/mol. The number of nitrogens with one attached hydrogen (secondary N) is 3. The van der Waals surface area contributed by atoms with Gasteiger partial charge in [-0.3, -0.25) is 0 Å². The number of likely N-dealkylation sites (tertiary alicyclic amines) is 1. The van der Waals surface area contributed by atoms with Crippen molar-refractivity contribution in [2.75, 3.05) is 18.4 Å². The summed E-state index contributed by atoms with van der Waals surface area (Å²) in [4.78, 5) is 26.8. The van der Waals surface area contributed by atoms with Gasteiger partial charge in [0.1, 0.15) is 0 Å². The maximum atomic E-state index is 12.7. The Labute approximate surface area is 197 Å². The molecule has 1 aliphatic heterocycles. The quantitative estimate of drug-likeness (QED) is 0.491. The largest absolute Gasteiger partial charge is 0.336 e. The molecule has 1 atom stereocenters. The predicted octanol–water partition coefficient (Wildman–Crippen LogP) is 6.22. The zero-order valence-corrected chi connectivity index (χ0v) is 19.5. The molecule has 4 amide bonds. The van der Waals surface area contributed by atoms with Crippen molar-refractivity contribution in [1.29, 1.82) is 0 Å². The summed E-state index contributed by atoms with van der Waals surface area (Å²) in [6.45, 7) is 1.09. The van der Waals surface area contributed by atoms with E-state index in [1.54, 1.807) is 23.1 Å². The zero-order valence-electron chi connectivity index (χ0n) is 18.0. The van der Waals surface area contributed by atoms with Crippen molar-refractivity contribution in [3.63, 3.8) is 0 Å². The van der Waals surface area contributed by atoms with Crippen LogP contribution in [0.2, 0.25) is 10.0 Å². The van der Waals surface area contributed by atoms with Crippen molar-refractivity contribution in [3.05, 3.63) is 49.1 Å². The number of carbonyl (C=O) groups is 2. The summed E-state index contributed by atoms with van der Waals surface area (Å²) < 4.78 is 0. The van der Waals surface area contributed by atoms with Crippen LogP contribution < -0.4 is 16.0 Å². The molecule has 2 fully saturated rings. The number of anilines is 1. The van der Waals surface area contributed by atoms with Crippen molar-refractivity contribution < 1.29 is 9.59 Å². The molecule has 6 nitrogen and oxygen atoms in total. The molecule has 1 unspecified atom stereocenters. The number of benzene rings is 1. The Balaban J connectivity index is 0.00000240. The summed E-state index contributed by atoms with van der Waals surface area (Å²) in [5, 5.41) is 9.72. The lowest BCUT2D eigenvalue weighted by Gasteiger charge is -2.26. The van der Waals surface area contributed by atoms with E-state index in [2.05, 4.69) is 16.0 Å². The molecule has 1 saturated carbocycles. The van der Waals surface area contributed by atoms with E-state index in [-0.39, 0.29) is 33.0 Å². The van der Waals surface area contributed by atoms with Crippen LogP contribution in [0.5, 0.6) is 0 Å². The van der Waals surface area contributed by atoms with Gasteiger partial charge in [0.25, 0.3) is 0 Å². The van der Waals surface area contributed by atoms with Crippen LogP contribution in [0.25, 0.3) is 0 Å². The number of carbonyl (C=O) groups excluding carboxylic acids is 2. The lowest BCUT2D eigenvalue weighted by Crippen LogP contribution is -2.47. The fourth-order valence-corrected chi connectivity index (χ4v) is 4.42. The average Bonchev–Trinajstić information content (AvgIpc) is 3.13. The molecule has 171 valence electrons. The van der Waals surface area contributed by atoms with E-state index in [1.165, 1.54) is 19.3 Å². The van der Waals surface area contributed by atoms with E-state index in [9.17, 15) is 9.59 Å². The third-order valence-electron chi connectivity index (χ3n) is 5.56. The van der Waals surface area contributed by atoms with Gasteiger partial charge in [-0.15, -0.1) is 0 Å². The van der Waals surface area contributed by atoms with Gasteiger partial charge < -0.3 is 20.9 Å². The number of rotatable bonds is 4. The molecule has 0 bridgehead atoms. The van der Waals surface area contributed by atoms with Crippen molar-refractivity contribution in [3.8, 4) is 0 Å². The van der Waals surface area contributed by atoms with Gasteiger partial charge in [-0.1, -0.05) is 70.2 Å². The highest BCUT2D eigenvalue weighted by Crippen LogP contribution is 2.27. The summed E-state index contributed by atoms with van der Waals surface area (Å²) in [5.41, 5.74) is 0.526. The molecule has 1 heterocycles. The normalized spacial score (nSPS) is 19.3. The van der Waals surface area contributed by atoms with Gasteiger partial charge in [0.15, 0.2) is 0 Å².